The van der Waals surface area contributed by atoms with Gasteiger partial charge in [-0.05, 0) is 44.2 Å². The molecule has 1 aliphatic rings. The lowest BCUT2D eigenvalue weighted by molar-refractivity contribution is -0.142. The highest BCUT2D eigenvalue weighted by atomic mass is 16.4. The second-order valence-corrected chi connectivity index (χ2v) is 5.37. The Kier molecular flexibility index (Phi) is 2.97. The molecule has 0 bridgehead atoms. The van der Waals surface area contributed by atoms with Gasteiger partial charge < -0.3 is 5.11 Å². The van der Waals surface area contributed by atoms with E-state index < -0.39 is 5.97 Å². The van der Waals surface area contributed by atoms with Gasteiger partial charge >= 0.3 is 5.97 Å². The van der Waals surface area contributed by atoms with Crippen LogP contribution in [0.1, 0.15) is 43.0 Å². The molecule has 100 valence electrons. The first-order valence-electron chi connectivity index (χ1n) is 6.69. The molecule has 0 radical (unpaired) electrons. The second-order valence-electron chi connectivity index (χ2n) is 5.37. The van der Waals surface area contributed by atoms with Crippen molar-refractivity contribution >= 4 is 11.6 Å². The van der Waals surface area contributed by atoms with Gasteiger partial charge in [-0.2, -0.15) is 5.10 Å². The standard InChI is InChI=1S/C14H17N3O2/c1-9-2-7-12-15-13(16-17(12)8-9)10-3-5-11(6-4-10)14(18)19/h2,7-8,10-11H,3-6H2,1H3,(H,18,19). The number of aryl methyl sites for hydroxylation is 1. The maximum absolute atomic E-state index is 10.9. The van der Waals surface area contributed by atoms with Gasteiger partial charge in [-0.15, -0.1) is 0 Å². The van der Waals surface area contributed by atoms with Crippen molar-refractivity contribution < 1.29 is 9.90 Å². The van der Waals surface area contributed by atoms with E-state index in [9.17, 15) is 4.79 Å². The molecule has 19 heavy (non-hydrogen) atoms. The van der Waals surface area contributed by atoms with Gasteiger partial charge in [-0.1, -0.05) is 6.07 Å². The molecule has 0 aromatic carbocycles. The molecule has 2 aromatic rings. The molecule has 0 aliphatic heterocycles. The summed E-state index contributed by atoms with van der Waals surface area (Å²) in [6.07, 6.45) is 5.16. The van der Waals surface area contributed by atoms with Gasteiger partial charge in [0.05, 0.1) is 5.92 Å². The minimum atomic E-state index is -0.669. The average molecular weight is 259 g/mol. The zero-order valence-corrected chi connectivity index (χ0v) is 10.9. The molecule has 2 aromatic heterocycles. The minimum absolute atomic E-state index is 0.185. The summed E-state index contributed by atoms with van der Waals surface area (Å²) in [6, 6.07) is 3.99. The molecule has 2 heterocycles. The molecule has 5 nitrogen and oxygen atoms in total. The van der Waals surface area contributed by atoms with Crippen LogP contribution in [0, 0.1) is 12.8 Å². The van der Waals surface area contributed by atoms with Crippen LogP contribution in [-0.2, 0) is 4.79 Å². The summed E-state index contributed by atoms with van der Waals surface area (Å²) in [7, 11) is 0. The van der Waals surface area contributed by atoms with Crippen LogP contribution in [0.5, 0.6) is 0 Å². The van der Waals surface area contributed by atoms with Crippen LogP contribution in [-0.4, -0.2) is 25.7 Å². The van der Waals surface area contributed by atoms with Crippen LogP contribution in [0.4, 0.5) is 0 Å². The molecule has 0 atom stereocenters. The Bertz CT molecular complexity index is 612. The number of carboxylic acids is 1. The van der Waals surface area contributed by atoms with E-state index in [0.29, 0.717) is 5.92 Å². The Morgan fingerprint density at radius 2 is 2.05 bits per heavy atom. The molecular weight excluding hydrogens is 242 g/mol. The number of carbonyl (C=O) groups is 1. The van der Waals surface area contributed by atoms with Crippen molar-refractivity contribution in [3.8, 4) is 0 Å². The third-order valence-corrected chi connectivity index (χ3v) is 3.94. The van der Waals surface area contributed by atoms with Crippen LogP contribution in [0.25, 0.3) is 5.65 Å². The van der Waals surface area contributed by atoms with Crippen LogP contribution in [0.15, 0.2) is 18.3 Å². The largest absolute Gasteiger partial charge is 0.481 e. The topological polar surface area (TPSA) is 67.5 Å². The van der Waals surface area contributed by atoms with Gasteiger partial charge in [0.25, 0.3) is 0 Å². The van der Waals surface area contributed by atoms with Gasteiger partial charge in [0.15, 0.2) is 11.5 Å². The highest BCUT2D eigenvalue weighted by Crippen LogP contribution is 2.34. The summed E-state index contributed by atoms with van der Waals surface area (Å²) in [5.74, 6) is 0.304. The molecule has 0 amide bonds. The maximum atomic E-state index is 10.9. The van der Waals surface area contributed by atoms with Crippen molar-refractivity contribution in [3.05, 3.63) is 29.7 Å². The lowest BCUT2D eigenvalue weighted by Crippen LogP contribution is -2.21. The van der Waals surface area contributed by atoms with Gasteiger partial charge in [-0.3, -0.25) is 4.79 Å². The van der Waals surface area contributed by atoms with Crippen LogP contribution in [0.2, 0.25) is 0 Å². The number of aliphatic carboxylic acids is 1. The molecule has 3 rings (SSSR count). The van der Waals surface area contributed by atoms with E-state index in [2.05, 4.69) is 10.1 Å². The molecule has 1 aliphatic carbocycles. The van der Waals surface area contributed by atoms with E-state index >= 15 is 0 Å². The Morgan fingerprint density at radius 3 is 2.74 bits per heavy atom. The van der Waals surface area contributed by atoms with Crippen molar-refractivity contribution in [3.63, 3.8) is 0 Å². The first-order chi connectivity index (χ1) is 9.13. The third kappa shape index (κ3) is 2.32. The highest BCUT2D eigenvalue weighted by Gasteiger charge is 2.28. The Morgan fingerprint density at radius 1 is 1.32 bits per heavy atom. The smallest absolute Gasteiger partial charge is 0.306 e. The summed E-state index contributed by atoms with van der Waals surface area (Å²) in [5.41, 5.74) is 2.01. The van der Waals surface area contributed by atoms with Crippen LogP contribution in [0.3, 0.4) is 0 Å². The fourth-order valence-electron chi connectivity index (χ4n) is 2.77. The summed E-state index contributed by atoms with van der Waals surface area (Å²) in [6.45, 7) is 2.03. The summed E-state index contributed by atoms with van der Waals surface area (Å²) in [5, 5.41) is 13.5. The van der Waals surface area contributed by atoms with Crippen LogP contribution >= 0.6 is 0 Å². The van der Waals surface area contributed by atoms with Gasteiger partial charge in [-0.25, -0.2) is 9.50 Å². The summed E-state index contributed by atoms with van der Waals surface area (Å²) >= 11 is 0. The lowest BCUT2D eigenvalue weighted by Gasteiger charge is -2.23. The molecule has 1 N–H and O–H groups in total. The first-order valence-corrected chi connectivity index (χ1v) is 6.69. The normalized spacial score (nSPS) is 23.6. The minimum Gasteiger partial charge on any atom is -0.481 e. The lowest BCUT2D eigenvalue weighted by atomic mass is 9.82. The number of aromatic nitrogens is 3. The Balaban J connectivity index is 1.80. The molecular formula is C14H17N3O2. The molecule has 0 spiro atoms. The van der Waals surface area contributed by atoms with Gasteiger partial charge in [0, 0.05) is 12.1 Å². The van der Waals surface area contributed by atoms with Crippen molar-refractivity contribution in [2.75, 3.05) is 0 Å². The number of fused-ring (bicyclic) bond motifs is 1. The Hall–Kier alpha value is -1.91. The molecule has 5 heteroatoms. The summed E-state index contributed by atoms with van der Waals surface area (Å²) in [4.78, 5) is 15.5. The van der Waals surface area contributed by atoms with E-state index in [1.807, 2.05) is 29.8 Å². The number of rotatable bonds is 2. The number of carboxylic acid groups (broad SMARTS) is 1. The van der Waals surface area contributed by atoms with Crippen molar-refractivity contribution in [1.82, 2.24) is 14.6 Å². The second kappa shape index (κ2) is 4.64. The predicted octanol–water partition coefficient (Wildman–Crippen LogP) is 2.40. The van der Waals surface area contributed by atoms with E-state index in [1.54, 1.807) is 0 Å². The molecule has 0 unspecified atom stereocenters. The monoisotopic (exact) mass is 259 g/mol. The van der Waals surface area contributed by atoms with Gasteiger partial charge in [0.2, 0.25) is 0 Å². The molecule has 1 fully saturated rings. The van der Waals surface area contributed by atoms with Gasteiger partial charge in [0.1, 0.15) is 0 Å². The average Bonchev–Trinajstić information content (AvgIpc) is 2.81. The zero-order chi connectivity index (χ0) is 13.4. The number of hydrogen-bond donors (Lipinski definition) is 1. The van der Waals surface area contributed by atoms with Crippen molar-refractivity contribution in [2.24, 2.45) is 5.92 Å². The fraction of sp³-hybridized carbons (Fsp3) is 0.500. The highest BCUT2D eigenvalue weighted by molar-refractivity contribution is 5.70. The van der Waals surface area contributed by atoms with E-state index in [0.717, 1.165) is 42.7 Å². The number of pyridine rings is 1. The third-order valence-electron chi connectivity index (χ3n) is 3.94. The number of nitrogens with zero attached hydrogens (tertiary/aromatic N) is 3. The fourth-order valence-corrected chi connectivity index (χ4v) is 2.77. The van der Waals surface area contributed by atoms with Crippen molar-refractivity contribution in [2.45, 2.75) is 38.5 Å². The first kappa shape index (κ1) is 12.1. The zero-order valence-electron chi connectivity index (χ0n) is 10.9. The SMILES string of the molecule is Cc1ccc2nc(C3CCC(C(=O)O)CC3)nn2c1. The summed E-state index contributed by atoms with van der Waals surface area (Å²) < 4.78 is 1.81. The van der Waals surface area contributed by atoms with E-state index in [1.165, 1.54) is 0 Å². The maximum Gasteiger partial charge on any atom is 0.306 e. The predicted molar refractivity (Wildman–Crippen MR) is 70.1 cm³/mol. The van der Waals surface area contributed by atoms with E-state index in [4.69, 9.17) is 5.11 Å². The van der Waals surface area contributed by atoms with E-state index in [-0.39, 0.29) is 5.92 Å². The molecule has 0 saturated heterocycles. The number of hydrogen-bond acceptors (Lipinski definition) is 3. The Labute approximate surface area is 111 Å². The molecule has 1 saturated carbocycles. The quantitative estimate of drug-likeness (QED) is 0.899. The van der Waals surface area contributed by atoms with Crippen LogP contribution < -0.4 is 0 Å². The van der Waals surface area contributed by atoms with Crippen molar-refractivity contribution in [1.29, 1.82) is 0 Å².